The molecule has 4 nitrogen and oxygen atoms in total. The van der Waals surface area contributed by atoms with E-state index in [1.165, 1.54) is 0 Å². The third kappa shape index (κ3) is 4.06. The molecule has 0 aliphatic carbocycles. The Hall–Kier alpha value is -1.85. The number of benzene rings is 2. The van der Waals surface area contributed by atoms with Gasteiger partial charge >= 0.3 is 0 Å². The number of hydrogen-bond acceptors (Lipinski definition) is 3. The zero-order valence-electron chi connectivity index (χ0n) is 12.2. The van der Waals surface area contributed by atoms with E-state index < -0.39 is 10.0 Å². The molecular formula is C16H19NO3S. The first kappa shape index (κ1) is 15.5. The van der Waals surface area contributed by atoms with E-state index in [1.54, 1.807) is 31.4 Å². The van der Waals surface area contributed by atoms with Crippen LogP contribution in [-0.2, 0) is 23.0 Å². The fourth-order valence-corrected chi connectivity index (χ4v) is 2.93. The molecule has 0 heterocycles. The second-order valence-electron chi connectivity index (χ2n) is 4.67. The van der Waals surface area contributed by atoms with Crippen molar-refractivity contribution in [2.24, 2.45) is 0 Å². The van der Waals surface area contributed by atoms with Crippen LogP contribution in [0.1, 0.15) is 18.1 Å². The largest absolute Gasteiger partial charge is 0.497 e. The minimum absolute atomic E-state index is 0.252. The number of aryl methyl sites for hydroxylation is 1. The molecule has 2 rings (SSSR count). The smallest absolute Gasteiger partial charge is 0.240 e. The quantitative estimate of drug-likeness (QED) is 0.893. The Labute approximate surface area is 125 Å². The zero-order chi connectivity index (χ0) is 15.3. The summed E-state index contributed by atoms with van der Waals surface area (Å²) in [6.07, 6.45) is 0.888. The molecule has 0 aromatic heterocycles. The molecule has 2 aromatic carbocycles. The minimum Gasteiger partial charge on any atom is -0.497 e. The molecule has 112 valence electrons. The van der Waals surface area contributed by atoms with Crippen LogP contribution in [0.2, 0.25) is 0 Å². The van der Waals surface area contributed by atoms with Gasteiger partial charge in [0.1, 0.15) is 5.75 Å². The number of sulfonamides is 1. The normalized spacial score (nSPS) is 11.3. The molecule has 0 saturated carbocycles. The maximum atomic E-state index is 12.2. The van der Waals surface area contributed by atoms with Crippen molar-refractivity contribution in [3.05, 3.63) is 59.7 Å². The Morgan fingerprint density at radius 1 is 0.952 bits per heavy atom. The zero-order valence-corrected chi connectivity index (χ0v) is 13.0. The maximum absolute atomic E-state index is 12.2. The lowest BCUT2D eigenvalue weighted by atomic mass is 10.2. The van der Waals surface area contributed by atoms with E-state index in [4.69, 9.17) is 4.74 Å². The first-order valence-corrected chi connectivity index (χ1v) is 8.25. The molecule has 0 atom stereocenters. The maximum Gasteiger partial charge on any atom is 0.240 e. The van der Waals surface area contributed by atoms with Crippen LogP contribution in [0.5, 0.6) is 5.75 Å². The SMILES string of the molecule is CCc1ccc(S(=O)(=O)NCc2ccc(OC)cc2)cc1. The molecule has 0 bridgehead atoms. The molecular weight excluding hydrogens is 286 g/mol. The first-order chi connectivity index (χ1) is 10.0. The average Bonchev–Trinajstić information content (AvgIpc) is 2.53. The summed E-state index contributed by atoms with van der Waals surface area (Å²) in [4.78, 5) is 0.285. The summed E-state index contributed by atoms with van der Waals surface area (Å²) in [5, 5.41) is 0. The number of methoxy groups -OCH3 is 1. The fourth-order valence-electron chi connectivity index (χ4n) is 1.91. The van der Waals surface area contributed by atoms with Crippen LogP contribution in [0.3, 0.4) is 0 Å². The van der Waals surface area contributed by atoms with Crippen LogP contribution in [0.25, 0.3) is 0 Å². The van der Waals surface area contributed by atoms with Gasteiger partial charge in [-0.3, -0.25) is 0 Å². The molecule has 21 heavy (non-hydrogen) atoms. The van der Waals surface area contributed by atoms with Gasteiger partial charge in [0.15, 0.2) is 0 Å². The fraction of sp³-hybridized carbons (Fsp3) is 0.250. The van der Waals surface area contributed by atoms with Crippen molar-refractivity contribution in [1.29, 1.82) is 0 Å². The van der Waals surface area contributed by atoms with E-state index in [0.717, 1.165) is 23.3 Å². The Balaban J connectivity index is 2.05. The standard InChI is InChI=1S/C16H19NO3S/c1-3-13-6-10-16(11-7-13)21(18,19)17-12-14-4-8-15(20-2)9-5-14/h4-11,17H,3,12H2,1-2H3. The summed E-state index contributed by atoms with van der Waals surface area (Å²) in [5.41, 5.74) is 1.99. The summed E-state index contributed by atoms with van der Waals surface area (Å²) >= 11 is 0. The highest BCUT2D eigenvalue weighted by Gasteiger charge is 2.13. The third-order valence-corrected chi connectivity index (χ3v) is 4.68. The molecule has 2 aromatic rings. The van der Waals surface area contributed by atoms with Gasteiger partial charge in [0.05, 0.1) is 12.0 Å². The summed E-state index contributed by atoms with van der Waals surface area (Å²) < 4.78 is 32.0. The molecule has 5 heteroatoms. The Kier molecular flexibility index (Phi) is 4.98. The molecule has 0 spiro atoms. The highest BCUT2D eigenvalue weighted by Crippen LogP contribution is 2.14. The molecule has 1 N–H and O–H groups in total. The number of rotatable bonds is 6. The highest BCUT2D eigenvalue weighted by molar-refractivity contribution is 7.89. The van der Waals surface area contributed by atoms with Crippen LogP contribution in [0, 0.1) is 0 Å². The van der Waals surface area contributed by atoms with Crippen LogP contribution in [-0.4, -0.2) is 15.5 Å². The lowest BCUT2D eigenvalue weighted by Gasteiger charge is -2.08. The monoisotopic (exact) mass is 305 g/mol. The van der Waals surface area contributed by atoms with Crippen molar-refractivity contribution < 1.29 is 13.2 Å². The topological polar surface area (TPSA) is 55.4 Å². The molecule has 0 amide bonds. The van der Waals surface area contributed by atoms with E-state index in [2.05, 4.69) is 4.72 Å². The van der Waals surface area contributed by atoms with Crippen LogP contribution >= 0.6 is 0 Å². The Morgan fingerprint density at radius 2 is 1.52 bits per heavy atom. The summed E-state index contributed by atoms with van der Waals surface area (Å²) in [6, 6.07) is 14.2. The number of nitrogens with one attached hydrogen (secondary N) is 1. The molecule has 0 fully saturated rings. The van der Waals surface area contributed by atoms with Gasteiger partial charge in [0, 0.05) is 6.54 Å². The lowest BCUT2D eigenvalue weighted by molar-refractivity contribution is 0.414. The summed E-state index contributed by atoms with van der Waals surface area (Å²) in [6.45, 7) is 2.29. The van der Waals surface area contributed by atoms with Crippen molar-refractivity contribution >= 4 is 10.0 Å². The number of hydrogen-bond donors (Lipinski definition) is 1. The van der Waals surface area contributed by atoms with Crippen LogP contribution in [0.4, 0.5) is 0 Å². The Morgan fingerprint density at radius 3 is 2.05 bits per heavy atom. The molecule has 0 aliphatic heterocycles. The first-order valence-electron chi connectivity index (χ1n) is 6.76. The summed E-state index contributed by atoms with van der Waals surface area (Å²) in [7, 11) is -1.89. The number of ether oxygens (including phenoxy) is 1. The van der Waals surface area contributed by atoms with E-state index in [-0.39, 0.29) is 11.4 Å². The van der Waals surface area contributed by atoms with Gasteiger partial charge in [-0.1, -0.05) is 31.2 Å². The van der Waals surface area contributed by atoms with E-state index >= 15 is 0 Å². The van der Waals surface area contributed by atoms with E-state index in [0.29, 0.717) is 0 Å². The highest BCUT2D eigenvalue weighted by atomic mass is 32.2. The minimum atomic E-state index is -3.48. The van der Waals surface area contributed by atoms with Gasteiger partial charge in [-0.15, -0.1) is 0 Å². The molecule has 0 unspecified atom stereocenters. The Bertz CT molecular complexity index is 676. The second-order valence-corrected chi connectivity index (χ2v) is 6.44. The average molecular weight is 305 g/mol. The van der Waals surface area contributed by atoms with Crippen molar-refractivity contribution in [2.75, 3.05) is 7.11 Å². The van der Waals surface area contributed by atoms with Gasteiger partial charge in [0.2, 0.25) is 10.0 Å². The van der Waals surface area contributed by atoms with Gasteiger partial charge < -0.3 is 4.74 Å². The van der Waals surface area contributed by atoms with Gasteiger partial charge in [-0.05, 0) is 41.8 Å². The van der Waals surface area contributed by atoms with E-state index in [9.17, 15) is 8.42 Å². The summed E-state index contributed by atoms with van der Waals surface area (Å²) in [5.74, 6) is 0.747. The van der Waals surface area contributed by atoms with Crippen molar-refractivity contribution in [3.8, 4) is 5.75 Å². The third-order valence-electron chi connectivity index (χ3n) is 3.27. The van der Waals surface area contributed by atoms with Crippen molar-refractivity contribution in [1.82, 2.24) is 4.72 Å². The second kappa shape index (κ2) is 6.74. The predicted octanol–water partition coefficient (Wildman–Crippen LogP) is 2.74. The van der Waals surface area contributed by atoms with Crippen molar-refractivity contribution in [3.63, 3.8) is 0 Å². The van der Waals surface area contributed by atoms with Crippen molar-refractivity contribution in [2.45, 2.75) is 24.8 Å². The molecule has 0 radical (unpaired) electrons. The lowest BCUT2D eigenvalue weighted by Crippen LogP contribution is -2.23. The predicted molar refractivity (Wildman–Crippen MR) is 82.8 cm³/mol. The van der Waals surface area contributed by atoms with Crippen LogP contribution < -0.4 is 9.46 Å². The van der Waals surface area contributed by atoms with Crippen LogP contribution in [0.15, 0.2) is 53.4 Å². The molecule has 0 aliphatic rings. The molecule has 0 saturated heterocycles. The van der Waals surface area contributed by atoms with E-state index in [1.807, 2.05) is 31.2 Å². The van der Waals surface area contributed by atoms with Gasteiger partial charge in [-0.25, -0.2) is 13.1 Å². The van der Waals surface area contributed by atoms with Gasteiger partial charge in [-0.2, -0.15) is 0 Å². The van der Waals surface area contributed by atoms with Gasteiger partial charge in [0.25, 0.3) is 0 Å².